The molecule has 1 aromatic carbocycles. The van der Waals surface area contributed by atoms with Crippen molar-refractivity contribution >= 4 is 34.7 Å². The minimum atomic E-state index is -0.682. The van der Waals surface area contributed by atoms with Crippen LogP contribution in [0, 0.1) is 19.3 Å². The Bertz CT molecular complexity index is 1030. The summed E-state index contributed by atoms with van der Waals surface area (Å²) in [6, 6.07) is 6.80. The number of fused-ring (bicyclic) bond motifs is 1. The Kier molecular flexibility index (Phi) is 5.13. The lowest BCUT2D eigenvalue weighted by molar-refractivity contribution is -0.127. The third kappa shape index (κ3) is 3.29. The number of nitrogens with two attached hydrogens (primary N) is 1. The molecule has 3 amide bonds. The molecule has 1 saturated carbocycles. The second-order valence-electron chi connectivity index (χ2n) is 8.17. The Morgan fingerprint density at radius 3 is 2.83 bits per heavy atom. The van der Waals surface area contributed by atoms with Crippen LogP contribution in [0.5, 0.6) is 0 Å². The van der Waals surface area contributed by atoms with Crippen molar-refractivity contribution in [1.82, 2.24) is 9.88 Å². The zero-order valence-electron chi connectivity index (χ0n) is 17.1. The van der Waals surface area contributed by atoms with E-state index in [4.69, 9.17) is 5.73 Å². The van der Waals surface area contributed by atoms with Gasteiger partial charge in [-0.15, -0.1) is 11.3 Å². The number of nitrogens with one attached hydrogen (secondary N) is 1. The number of anilines is 1. The Morgan fingerprint density at radius 1 is 1.37 bits per heavy atom. The van der Waals surface area contributed by atoms with Crippen LogP contribution in [-0.4, -0.2) is 39.7 Å². The van der Waals surface area contributed by atoms with Gasteiger partial charge in [-0.05, 0) is 50.8 Å². The quantitative estimate of drug-likeness (QED) is 0.785. The van der Waals surface area contributed by atoms with Gasteiger partial charge in [0.05, 0.1) is 15.3 Å². The molecule has 3 atom stereocenters. The first-order chi connectivity index (χ1) is 14.2. The summed E-state index contributed by atoms with van der Waals surface area (Å²) < 4.78 is 0. The van der Waals surface area contributed by atoms with E-state index in [9.17, 15) is 14.4 Å². The number of hydrogen-bond acceptors (Lipinski definition) is 5. The minimum absolute atomic E-state index is 0.162. The number of amides is 3. The first kappa shape index (κ1) is 20.5. The molecular formula is C22H25N4O3S. The van der Waals surface area contributed by atoms with Crippen molar-refractivity contribution in [2.24, 2.45) is 11.1 Å². The van der Waals surface area contributed by atoms with E-state index in [0.717, 1.165) is 28.3 Å². The number of hydrogen-bond donors (Lipinski definition) is 2. The van der Waals surface area contributed by atoms with Gasteiger partial charge in [0.1, 0.15) is 5.69 Å². The highest BCUT2D eigenvalue weighted by Gasteiger charge is 2.58. The van der Waals surface area contributed by atoms with Crippen LogP contribution in [0.25, 0.3) is 10.4 Å². The van der Waals surface area contributed by atoms with Crippen molar-refractivity contribution < 1.29 is 14.4 Å². The van der Waals surface area contributed by atoms with Crippen LogP contribution in [0.2, 0.25) is 0 Å². The molecule has 2 fully saturated rings. The lowest BCUT2D eigenvalue weighted by Gasteiger charge is -2.30. The highest BCUT2D eigenvalue weighted by molar-refractivity contribution is 7.15. The number of carbonyl (C=O) groups is 3. The lowest BCUT2D eigenvalue weighted by Crippen LogP contribution is -2.46. The van der Waals surface area contributed by atoms with Crippen LogP contribution in [0.1, 0.15) is 48.1 Å². The molecule has 1 saturated heterocycles. The first-order valence-electron chi connectivity index (χ1n) is 10.0. The summed E-state index contributed by atoms with van der Waals surface area (Å²) in [6.45, 7) is 7.47. The number of thiazole rings is 1. The minimum Gasteiger partial charge on any atom is -0.369 e. The van der Waals surface area contributed by atoms with Crippen LogP contribution in [0.3, 0.4) is 0 Å². The summed E-state index contributed by atoms with van der Waals surface area (Å²) >= 11 is 1.43. The average Bonchev–Trinajstić information content (AvgIpc) is 3.32. The highest BCUT2D eigenvalue weighted by Crippen LogP contribution is 2.51. The number of aromatic nitrogens is 1. The van der Waals surface area contributed by atoms with E-state index in [-0.39, 0.29) is 29.8 Å². The van der Waals surface area contributed by atoms with E-state index in [0.29, 0.717) is 24.2 Å². The van der Waals surface area contributed by atoms with E-state index < -0.39 is 5.41 Å². The highest BCUT2D eigenvalue weighted by atomic mass is 32.1. The number of primary amides is 1. The maximum atomic E-state index is 13.6. The molecule has 4 rings (SSSR count). The third-order valence-electron chi connectivity index (χ3n) is 6.17. The van der Waals surface area contributed by atoms with Crippen LogP contribution in [-0.2, 0) is 9.59 Å². The van der Waals surface area contributed by atoms with Gasteiger partial charge in [-0.2, -0.15) is 0 Å². The molecule has 0 spiro atoms. The molecular weight excluding hydrogens is 400 g/mol. The number of nitrogens with zero attached hydrogens (tertiary/aromatic N) is 2. The van der Waals surface area contributed by atoms with E-state index in [1.807, 2.05) is 25.1 Å². The van der Waals surface area contributed by atoms with Crippen LogP contribution in [0.4, 0.5) is 5.69 Å². The summed E-state index contributed by atoms with van der Waals surface area (Å²) in [4.78, 5) is 44.3. The fraction of sp³-hybridized carbons (Fsp3) is 0.409. The molecule has 1 radical (unpaired) electrons. The van der Waals surface area contributed by atoms with Crippen molar-refractivity contribution in [3.63, 3.8) is 0 Å². The summed E-state index contributed by atoms with van der Waals surface area (Å²) in [5, 5.41) is 3.54. The third-order valence-corrected chi connectivity index (χ3v) is 7.19. The monoisotopic (exact) mass is 425 g/mol. The van der Waals surface area contributed by atoms with Crippen molar-refractivity contribution in [2.75, 3.05) is 5.32 Å². The molecule has 2 heterocycles. The van der Waals surface area contributed by atoms with Gasteiger partial charge in [0, 0.05) is 24.7 Å². The van der Waals surface area contributed by atoms with Crippen LogP contribution >= 0.6 is 11.3 Å². The summed E-state index contributed by atoms with van der Waals surface area (Å²) in [5.74, 6) is -0.717. The number of rotatable bonds is 4. The second-order valence-corrected chi connectivity index (χ2v) is 9.37. The van der Waals surface area contributed by atoms with Crippen LogP contribution in [0.15, 0.2) is 24.3 Å². The smallest absolute Gasteiger partial charge is 0.274 e. The number of likely N-dealkylation sites (tertiary alicyclic amines) is 1. The van der Waals surface area contributed by atoms with Crippen molar-refractivity contribution in [1.29, 1.82) is 0 Å². The fourth-order valence-electron chi connectivity index (χ4n) is 5.00. The predicted molar refractivity (Wildman–Crippen MR) is 116 cm³/mol. The summed E-state index contributed by atoms with van der Waals surface area (Å²) in [7, 11) is 0. The maximum Gasteiger partial charge on any atom is 0.274 e. The molecule has 8 heteroatoms. The Morgan fingerprint density at radius 2 is 2.13 bits per heavy atom. The van der Waals surface area contributed by atoms with Crippen LogP contribution < -0.4 is 11.1 Å². The fourth-order valence-corrected chi connectivity index (χ4v) is 5.90. The van der Waals surface area contributed by atoms with E-state index in [1.54, 1.807) is 11.0 Å². The molecule has 2 aromatic rings. The Hall–Kier alpha value is -2.74. The standard InChI is InChI=1S/C22H25N4O3S/c1-12-11-22(21(23)29)9-5-8-17(22)26(12)20(28)18-19(30-14(3)25-18)15-6-4-7-16(10-15)24-13(2)27/h4,6-7,10,12,17H,1,5,8-9,11H2,2-3H3,(H2,23,29)(H,24,27)/t12-,17-,22-/m0/s1. The topological polar surface area (TPSA) is 105 Å². The Balaban J connectivity index is 1.72. The predicted octanol–water partition coefficient (Wildman–Crippen LogP) is 3.15. The molecule has 0 unspecified atom stereocenters. The van der Waals surface area contributed by atoms with Gasteiger partial charge in [0.2, 0.25) is 11.8 Å². The molecule has 2 aliphatic rings. The van der Waals surface area contributed by atoms with Gasteiger partial charge in [-0.1, -0.05) is 18.6 Å². The number of benzene rings is 1. The van der Waals surface area contributed by atoms with Gasteiger partial charge in [0.25, 0.3) is 5.91 Å². The molecule has 157 valence electrons. The Labute approximate surface area is 179 Å². The van der Waals surface area contributed by atoms with E-state index in [2.05, 4.69) is 17.2 Å². The molecule has 30 heavy (non-hydrogen) atoms. The first-order valence-corrected chi connectivity index (χ1v) is 10.9. The van der Waals surface area contributed by atoms with Crippen molar-refractivity contribution in [2.45, 2.75) is 51.6 Å². The largest absolute Gasteiger partial charge is 0.369 e. The average molecular weight is 426 g/mol. The van der Waals surface area contributed by atoms with Gasteiger partial charge >= 0.3 is 0 Å². The maximum absolute atomic E-state index is 13.6. The van der Waals surface area contributed by atoms with E-state index in [1.165, 1.54) is 18.3 Å². The molecule has 3 N–H and O–H groups in total. The van der Waals surface area contributed by atoms with Crippen molar-refractivity contribution in [3.8, 4) is 10.4 Å². The van der Waals surface area contributed by atoms with Gasteiger partial charge in [0.15, 0.2) is 0 Å². The van der Waals surface area contributed by atoms with Crippen molar-refractivity contribution in [3.05, 3.63) is 41.9 Å². The molecule has 0 bridgehead atoms. The SMILES string of the molecule is [CH2][C@H]1C[C@@]2(C(N)=O)CCC[C@@H]2N1C(=O)c1nc(C)sc1-c1cccc(NC(C)=O)c1. The molecule has 1 aliphatic carbocycles. The zero-order chi connectivity index (χ0) is 21.6. The zero-order valence-corrected chi connectivity index (χ0v) is 17.9. The normalized spacial score (nSPS) is 25.2. The molecule has 7 nitrogen and oxygen atoms in total. The van der Waals surface area contributed by atoms with E-state index >= 15 is 0 Å². The summed E-state index contributed by atoms with van der Waals surface area (Å²) in [6.07, 6.45) is 2.81. The summed E-state index contributed by atoms with van der Waals surface area (Å²) in [5.41, 5.74) is 6.91. The molecule has 1 aliphatic heterocycles. The van der Waals surface area contributed by atoms with Gasteiger partial charge < -0.3 is 16.0 Å². The number of carbonyl (C=O) groups excluding carboxylic acids is 3. The van der Waals surface area contributed by atoms with Gasteiger partial charge in [-0.25, -0.2) is 4.98 Å². The van der Waals surface area contributed by atoms with Gasteiger partial charge in [-0.3, -0.25) is 14.4 Å². The number of aryl methyl sites for hydroxylation is 1. The molecule has 1 aromatic heterocycles. The second kappa shape index (κ2) is 7.50. The lowest BCUT2D eigenvalue weighted by atomic mass is 9.80.